The summed E-state index contributed by atoms with van der Waals surface area (Å²) in [6, 6.07) is 9.17. The van der Waals surface area contributed by atoms with Crippen LogP contribution in [0.5, 0.6) is 5.75 Å². The summed E-state index contributed by atoms with van der Waals surface area (Å²) in [6.45, 7) is 2.93. The quantitative estimate of drug-likeness (QED) is 0.391. The standard InChI is InChI=1S/C27H29N5O5/c33-25-23-18-7-4-8-19-22(18)30-32(26(19)34)10-2-1-3-11-37-21-13-16(12-20(28-25)24(21)29-23)14-31-9-5-6-17(15-31)27(35)36/h4,7-8,12-13,17,30H,1-3,5-6,9-11,14-15H2,(H,28,33)(H,35,36). The molecule has 10 heteroatoms. The average molecular weight is 504 g/mol. The van der Waals surface area contributed by atoms with Crippen LogP contribution in [0.1, 0.15) is 37.7 Å². The fraction of sp³-hybridized carbons (Fsp3) is 0.407. The largest absolute Gasteiger partial charge is 0.491 e. The Balaban J connectivity index is 1.46. The van der Waals surface area contributed by atoms with Crippen LogP contribution in [0.15, 0.2) is 39.9 Å². The summed E-state index contributed by atoms with van der Waals surface area (Å²) in [5, 5.41) is 13.2. The number of fused-ring (bicyclic) bond motifs is 3. The second-order valence-corrected chi connectivity index (χ2v) is 10.0. The molecule has 37 heavy (non-hydrogen) atoms. The topological polar surface area (TPSA) is 133 Å². The molecule has 2 aromatic carbocycles. The predicted molar refractivity (Wildman–Crippen MR) is 139 cm³/mol. The third kappa shape index (κ3) is 4.42. The van der Waals surface area contributed by atoms with Crippen molar-refractivity contribution in [3.05, 3.63) is 56.6 Å². The van der Waals surface area contributed by atoms with Gasteiger partial charge in [0.05, 0.1) is 28.9 Å². The number of piperidine rings is 1. The van der Waals surface area contributed by atoms with Gasteiger partial charge in [-0.05, 0) is 62.4 Å². The van der Waals surface area contributed by atoms with Gasteiger partial charge in [0.15, 0.2) is 0 Å². The molecule has 0 radical (unpaired) electrons. The lowest BCUT2D eigenvalue weighted by Gasteiger charge is -2.30. The van der Waals surface area contributed by atoms with Crippen molar-refractivity contribution in [1.29, 1.82) is 0 Å². The van der Waals surface area contributed by atoms with Crippen LogP contribution in [0.25, 0.3) is 33.2 Å². The maximum atomic E-state index is 13.3. The molecule has 192 valence electrons. The Morgan fingerprint density at radius 2 is 2.03 bits per heavy atom. The Morgan fingerprint density at radius 3 is 2.89 bits per heavy atom. The number of nitrogens with one attached hydrogen (secondary N) is 2. The lowest BCUT2D eigenvalue weighted by atomic mass is 9.98. The van der Waals surface area contributed by atoms with Gasteiger partial charge in [0.1, 0.15) is 17.0 Å². The fourth-order valence-corrected chi connectivity index (χ4v) is 5.53. The second-order valence-electron chi connectivity index (χ2n) is 10.0. The monoisotopic (exact) mass is 503 g/mol. The first-order chi connectivity index (χ1) is 18.0. The van der Waals surface area contributed by atoms with Crippen molar-refractivity contribution in [3.8, 4) is 17.0 Å². The summed E-state index contributed by atoms with van der Waals surface area (Å²) in [6.07, 6.45) is 4.07. The molecule has 10 nitrogen and oxygen atoms in total. The van der Waals surface area contributed by atoms with E-state index in [1.807, 2.05) is 12.1 Å². The van der Waals surface area contributed by atoms with E-state index in [1.165, 1.54) is 0 Å². The number of aliphatic carboxylic acids is 1. The number of rotatable bonds is 3. The molecule has 2 aliphatic rings. The summed E-state index contributed by atoms with van der Waals surface area (Å²) in [4.78, 5) is 47.6. The van der Waals surface area contributed by atoms with Crippen LogP contribution in [-0.4, -0.2) is 55.4 Å². The maximum absolute atomic E-state index is 13.3. The Kier molecular flexibility index (Phi) is 6.03. The number of hydrogen-bond donors (Lipinski definition) is 3. The molecule has 2 aliphatic heterocycles. The van der Waals surface area contributed by atoms with Crippen LogP contribution in [0.2, 0.25) is 0 Å². The van der Waals surface area contributed by atoms with Gasteiger partial charge in [0.2, 0.25) is 0 Å². The van der Waals surface area contributed by atoms with E-state index in [0.717, 1.165) is 37.8 Å². The number of likely N-dealkylation sites (tertiary alicyclic amines) is 1. The summed E-state index contributed by atoms with van der Waals surface area (Å²) in [7, 11) is 0. The zero-order chi connectivity index (χ0) is 25.5. The van der Waals surface area contributed by atoms with Crippen LogP contribution in [0.4, 0.5) is 0 Å². The molecule has 4 aromatic rings. The van der Waals surface area contributed by atoms with Crippen LogP contribution >= 0.6 is 0 Å². The van der Waals surface area contributed by atoms with Crippen molar-refractivity contribution in [2.24, 2.45) is 5.92 Å². The minimum atomic E-state index is -0.756. The molecule has 2 aromatic heterocycles. The van der Waals surface area contributed by atoms with Gasteiger partial charge in [0, 0.05) is 25.2 Å². The smallest absolute Gasteiger partial charge is 0.307 e. The van der Waals surface area contributed by atoms with Crippen LogP contribution in [0, 0.1) is 5.92 Å². The molecule has 4 bridgehead atoms. The molecule has 1 saturated heterocycles. The van der Waals surface area contributed by atoms with Gasteiger partial charge in [-0.15, -0.1) is 0 Å². The molecular weight excluding hydrogens is 474 g/mol. The van der Waals surface area contributed by atoms with Crippen molar-refractivity contribution in [1.82, 2.24) is 24.6 Å². The summed E-state index contributed by atoms with van der Waals surface area (Å²) in [5.74, 6) is -0.531. The van der Waals surface area contributed by atoms with E-state index in [9.17, 15) is 19.5 Å². The van der Waals surface area contributed by atoms with E-state index < -0.39 is 5.97 Å². The second kappa shape index (κ2) is 9.51. The number of H-pyrrole nitrogens is 2. The zero-order valence-corrected chi connectivity index (χ0v) is 20.5. The van der Waals surface area contributed by atoms with Crippen molar-refractivity contribution < 1.29 is 14.6 Å². The van der Waals surface area contributed by atoms with Gasteiger partial charge >= 0.3 is 5.97 Å². The highest BCUT2D eigenvalue weighted by Gasteiger charge is 2.26. The van der Waals surface area contributed by atoms with E-state index in [0.29, 0.717) is 65.9 Å². The Bertz CT molecular complexity index is 1620. The molecule has 0 amide bonds. The van der Waals surface area contributed by atoms with Gasteiger partial charge in [-0.1, -0.05) is 12.1 Å². The van der Waals surface area contributed by atoms with E-state index in [4.69, 9.17) is 9.72 Å². The number of hydrogen-bond acceptors (Lipinski definition) is 6. The average Bonchev–Trinajstić information content (AvgIpc) is 3.21. The number of aryl methyl sites for hydroxylation is 1. The predicted octanol–water partition coefficient (Wildman–Crippen LogP) is 3.09. The van der Waals surface area contributed by atoms with Gasteiger partial charge in [-0.25, -0.2) is 4.98 Å². The van der Waals surface area contributed by atoms with E-state index in [2.05, 4.69) is 15.0 Å². The van der Waals surface area contributed by atoms with Gasteiger partial charge in [-0.3, -0.25) is 29.1 Å². The molecule has 0 aliphatic carbocycles. The third-order valence-corrected chi connectivity index (χ3v) is 7.41. The number of ether oxygens (including phenoxy) is 1. The molecule has 1 fully saturated rings. The Morgan fingerprint density at radius 1 is 1.14 bits per heavy atom. The van der Waals surface area contributed by atoms with Gasteiger partial charge in [-0.2, -0.15) is 0 Å². The number of aromatic amines is 2. The van der Waals surface area contributed by atoms with Gasteiger partial charge < -0.3 is 14.8 Å². The van der Waals surface area contributed by atoms with Crippen molar-refractivity contribution >= 4 is 27.9 Å². The number of para-hydroxylation sites is 1. The third-order valence-electron chi connectivity index (χ3n) is 7.41. The number of carboxylic acid groups (broad SMARTS) is 1. The highest BCUT2D eigenvalue weighted by atomic mass is 16.5. The molecular formula is C27H29N5O5. The van der Waals surface area contributed by atoms with Crippen molar-refractivity contribution in [2.75, 3.05) is 19.7 Å². The van der Waals surface area contributed by atoms with Crippen LogP contribution < -0.4 is 15.9 Å². The Labute approximate surface area is 211 Å². The first-order valence-electron chi connectivity index (χ1n) is 12.8. The van der Waals surface area contributed by atoms with Crippen LogP contribution in [-0.2, 0) is 17.9 Å². The molecule has 6 rings (SSSR count). The number of nitrogens with zero attached hydrogens (tertiary/aromatic N) is 3. The molecule has 1 atom stereocenters. The van der Waals surface area contributed by atoms with E-state index in [1.54, 1.807) is 22.9 Å². The SMILES string of the molecule is O=C(O)C1CCCN(Cc2cc3c4nc(c(=O)[nH]c4c2)-c2cccc4c(=O)n([nH]c24)CCCCCO3)C1. The van der Waals surface area contributed by atoms with Crippen molar-refractivity contribution in [3.63, 3.8) is 0 Å². The molecule has 3 N–H and O–H groups in total. The summed E-state index contributed by atoms with van der Waals surface area (Å²) < 4.78 is 7.80. The first-order valence-corrected chi connectivity index (χ1v) is 12.8. The van der Waals surface area contributed by atoms with Gasteiger partial charge in [0.25, 0.3) is 11.1 Å². The molecule has 0 saturated carbocycles. The fourth-order valence-electron chi connectivity index (χ4n) is 5.53. The number of aromatic nitrogens is 4. The number of carbonyl (C=O) groups is 1. The van der Waals surface area contributed by atoms with Crippen molar-refractivity contribution in [2.45, 2.75) is 45.2 Å². The number of carboxylic acids is 1. The minimum Gasteiger partial charge on any atom is -0.491 e. The lowest BCUT2D eigenvalue weighted by molar-refractivity contribution is -0.143. The highest BCUT2D eigenvalue weighted by Crippen LogP contribution is 2.30. The minimum absolute atomic E-state index is 0.103. The number of benzene rings is 2. The highest BCUT2D eigenvalue weighted by molar-refractivity contribution is 5.93. The summed E-state index contributed by atoms with van der Waals surface area (Å²) >= 11 is 0. The van der Waals surface area contributed by atoms with E-state index >= 15 is 0 Å². The molecule has 1 unspecified atom stereocenters. The van der Waals surface area contributed by atoms with E-state index in [-0.39, 0.29) is 22.7 Å². The summed E-state index contributed by atoms with van der Waals surface area (Å²) in [5.41, 5.74) is 2.98. The Hall–Kier alpha value is -3.92. The first kappa shape index (κ1) is 23.5. The van der Waals surface area contributed by atoms with Crippen LogP contribution in [0.3, 0.4) is 0 Å². The lowest BCUT2D eigenvalue weighted by Crippen LogP contribution is -2.38. The molecule has 0 spiro atoms. The molecule has 4 heterocycles. The normalized spacial score (nSPS) is 18.8. The zero-order valence-electron chi connectivity index (χ0n) is 20.5. The maximum Gasteiger partial charge on any atom is 0.307 e.